The van der Waals surface area contributed by atoms with Crippen molar-refractivity contribution in [2.45, 2.75) is 12.8 Å². The van der Waals surface area contributed by atoms with Crippen molar-refractivity contribution in [3.8, 4) is 0 Å². The molecule has 1 N–H and O–H groups in total. The lowest BCUT2D eigenvalue weighted by atomic mass is 9.97. The Morgan fingerprint density at radius 3 is 2.77 bits per heavy atom. The maximum atomic E-state index is 5.50. The van der Waals surface area contributed by atoms with Crippen molar-refractivity contribution in [3.63, 3.8) is 0 Å². The van der Waals surface area contributed by atoms with Gasteiger partial charge in [0.15, 0.2) is 0 Å². The number of nitrogens with zero attached hydrogens (tertiary/aromatic N) is 4. The third-order valence-electron chi connectivity index (χ3n) is 5.33. The number of pyridine rings is 2. The number of nitrogens with one attached hydrogen (secondary N) is 1. The van der Waals surface area contributed by atoms with Gasteiger partial charge < -0.3 is 14.5 Å². The topological polar surface area (TPSA) is 53.5 Å². The predicted molar refractivity (Wildman–Crippen MR) is 109 cm³/mol. The van der Waals surface area contributed by atoms with Crippen LogP contribution in [0.4, 0.5) is 11.6 Å². The minimum Gasteiger partial charge on any atom is -0.378 e. The zero-order chi connectivity index (χ0) is 17.8. The summed E-state index contributed by atoms with van der Waals surface area (Å²) in [7, 11) is 0. The lowest BCUT2D eigenvalue weighted by Crippen LogP contribution is -2.39. The average molecular weight is 374 g/mol. The van der Waals surface area contributed by atoms with Gasteiger partial charge in [0.05, 0.1) is 18.7 Å². The summed E-state index contributed by atoms with van der Waals surface area (Å²) in [5, 5.41) is 1.16. The average Bonchev–Trinajstić information content (AvgIpc) is 2.72. The third-order valence-corrected chi connectivity index (χ3v) is 5.79. The van der Waals surface area contributed by atoms with Crippen molar-refractivity contribution in [2.75, 3.05) is 62.0 Å². The summed E-state index contributed by atoms with van der Waals surface area (Å²) in [6.07, 6.45) is 6.38. The summed E-state index contributed by atoms with van der Waals surface area (Å²) in [6, 6.07) is 6.28. The molecule has 0 saturated carbocycles. The minimum atomic E-state index is 0.755. The summed E-state index contributed by atoms with van der Waals surface area (Å²) < 4.78 is 8.90. The Kier molecular flexibility index (Phi) is 5.77. The SMILES string of the molecule is CSNCC1CCN(c2nc(N3CCOCC3)cc3ncccc23)CC1. The standard InChI is InChI=1S/C19H27N5OS/c1-26-21-14-15-4-7-24(8-5-15)19-16-3-2-6-20-17(16)13-18(22-19)23-9-11-25-12-10-23/h2-3,6,13,15,21H,4-5,7-12,14H2,1H3. The summed E-state index contributed by atoms with van der Waals surface area (Å²) in [5.74, 6) is 2.87. The first-order valence-corrected chi connectivity index (χ1v) is 10.7. The summed E-state index contributed by atoms with van der Waals surface area (Å²) in [4.78, 5) is 14.4. The van der Waals surface area contributed by atoms with E-state index in [1.807, 2.05) is 12.3 Å². The van der Waals surface area contributed by atoms with E-state index in [1.54, 1.807) is 11.9 Å². The molecule has 0 spiro atoms. The van der Waals surface area contributed by atoms with Gasteiger partial charge in [-0.25, -0.2) is 4.98 Å². The molecule has 0 amide bonds. The number of morpholine rings is 1. The Morgan fingerprint density at radius 2 is 2.00 bits per heavy atom. The quantitative estimate of drug-likeness (QED) is 0.808. The van der Waals surface area contributed by atoms with Crippen molar-refractivity contribution in [1.82, 2.24) is 14.7 Å². The normalized spacial score (nSPS) is 19.3. The molecule has 26 heavy (non-hydrogen) atoms. The van der Waals surface area contributed by atoms with Crippen LogP contribution in [-0.4, -0.2) is 62.2 Å². The number of hydrogen-bond acceptors (Lipinski definition) is 7. The number of fused-ring (bicyclic) bond motifs is 1. The highest BCUT2D eigenvalue weighted by molar-refractivity contribution is 7.96. The predicted octanol–water partition coefficient (Wildman–Crippen LogP) is 2.55. The number of anilines is 2. The molecular weight excluding hydrogens is 346 g/mol. The number of ether oxygens (including phenoxy) is 1. The Morgan fingerprint density at radius 1 is 1.19 bits per heavy atom. The smallest absolute Gasteiger partial charge is 0.140 e. The second-order valence-corrected chi connectivity index (χ2v) is 7.65. The van der Waals surface area contributed by atoms with Gasteiger partial charge in [0, 0.05) is 50.4 Å². The fourth-order valence-electron chi connectivity index (χ4n) is 3.79. The van der Waals surface area contributed by atoms with Crippen molar-refractivity contribution in [3.05, 3.63) is 24.4 Å². The lowest BCUT2D eigenvalue weighted by Gasteiger charge is -2.34. The fourth-order valence-corrected chi connectivity index (χ4v) is 4.19. The van der Waals surface area contributed by atoms with Crippen LogP contribution < -0.4 is 14.5 Å². The molecule has 0 unspecified atom stereocenters. The van der Waals surface area contributed by atoms with Gasteiger partial charge in [-0.1, -0.05) is 11.9 Å². The van der Waals surface area contributed by atoms with E-state index in [0.717, 1.165) is 74.4 Å². The minimum absolute atomic E-state index is 0.755. The van der Waals surface area contributed by atoms with Crippen molar-refractivity contribution in [2.24, 2.45) is 5.92 Å². The molecule has 0 bridgehead atoms. The van der Waals surface area contributed by atoms with Gasteiger partial charge in [-0.15, -0.1) is 0 Å². The molecule has 2 fully saturated rings. The van der Waals surface area contributed by atoms with E-state index >= 15 is 0 Å². The van der Waals surface area contributed by atoms with Gasteiger partial charge in [-0.05, 0) is 37.1 Å². The van der Waals surface area contributed by atoms with Crippen molar-refractivity contribution < 1.29 is 4.74 Å². The molecule has 0 aliphatic carbocycles. The molecule has 0 radical (unpaired) electrons. The van der Waals surface area contributed by atoms with Gasteiger partial charge >= 0.3 is 0 Å². The second-order valence-electron chi connectivity index (χ2n) is 6.96. The van der Waals surface area contributed by atoms with Crippen LogP contribution in [0.5, 0.6) is 0 Å². The van der Waals surface area contributed by atoms with Crippen LogP contribution >= 0.6 is 11.9 Å². The Hall–Kier alpha value is -1.57. The molecular formula is C19H27N5OS. The highest BCUT2D eigenvalue weighted by Crippen LogP contribution is 2.31. The number of rotatable bonds is 5. The largest absolute Gasteiger partial charge is 0.378 e. The Bertz CT molecular complexity index is 729. The fraction of sp³-hybridized carbons (Fsp3) is 0.579. The first kappa shape index (κ1) is 17.8. The van der Waals surface area contributed by atoms with Crippen molar-refractivity contribution >= 4 is 34.5 Å². The van der Waals surface area contributed by atoms with Crippen LogP contribution in [-0.2, 0) is 4.74 Å². The highest BCUT2D eigenvalue weighted by Gasteiger charge is 2.23. The maximum absolute atomic E-state index is 5.50. The molecule has 7 heteroatoms. The first-order chi connectivity index (χ1) is 12.8. The summed E-state index contributed by atoms with van der Waals surface area (Å²) in [5.41, 5.74) is 1.03. The molecule has 140 valence electrons. The van der Waals surface area contributed by atoms with E-state index in [-0.39, 0.29) is 0 Å². The van der Waals surface area contributed by atoms with Crippen LogP contribution in [0.2, 0.25) is 0 Å². The van der Waals surface area contributed by atoms with E-state index in [2.05, 4.69) is 37.9 Å². The lowest BCUT2D eigenvalue weighted by molar-refractivity contribution is 0.122. The van der Waals surface area contributed by atoms with E-state index in [9.17, 15) is 0 Å². The zero-order valence-electron chi connectivity index (χ0n) is 15.4. The van der Waals surface area contributed by atoms with Gasteiger partial charge in [0.25, 0.3) is 0 Å². The first-order valence-electron chi connectivity index (χ1n) is 9.44. The van der Waals surface area contributed by atoms with Crippen LogP contribution in [0.1, 0.15) is 12.8 Å². The van der Waals surface area contributed by atoms with Gasteiger partial charge in [0.2, 0.25) is 0 Å². The highest BCUT2D eigenvalue weighted by atomic mass is 32.2. The molecule has 2 saturated heterocycles. The molecule has 2 aliphatic heterocycles. The monoisotopic (exact) mass is 373 g/mol. The van der Waals surface area contributed by atoms with Gasteiger partial charge in [-0.3, -0.25) is 9.71 Å². The number of piperidine rings is 1. The molecule has 2 aliphatic rings. The number of aromatic nitrogens is 2. The Labute approximate surface area is 159 Å². The van der Waals surface area contributed by atoms with E-state index in [1.165, 1.54) is 12.8 Å². The molecule has 0 aromatic carbocycles. The molecule has 4 rings (SSSR count). The Balaban J connectivity index is 1.59. The molecule has 6 nitrogen and oxygen atoms in total. The van der Waals surface area contributed by atoms with Gasteiger partial charge in [-0.2, -0.15) is 0 Å². The third kappa shape index (κ3) is 3.89. The molecule has 2 aromatic heterocycles. The maximum Gasteiger partial charge on any atom is 0.140 e. The molecule has 2 aromatic rings. The van der Waals surface area contributed by atoms with E-state index in [0.29, 0.717) is 0 Å². The van der Waals surface area contributed by atoms with Gasteiger partial charge in [0.1, 0.15) is 11.6 Å². The number of hydrogen-bond donors (Lipinski definition) is 1. The van der Waals surface area contributed by atoms with Crippen LogP contribution in [0.25, 0.3) is 10.9 Å². The van der Waals surface area contributed by atoms with E-state index in [4.69, 9.17) is 9.72 Å². The van der Waals surface area contributed by atoms with E-state index < -0.39 is 0 Å². The van der Waals surface area contributed by atoms with Crippen molar-refractivity contribution in [1.29, 1.82) is 0 Å². The summed E-state index contributed by atoms with van der Waals surface area (Å²) >= 11 is 1.71. The molecule has 4 heterocycles. The summed E-state index contributed by atoms with van der Waals surface area (Å²) in [6.45, 7) is 6.55. The van der Waals surface area contributed by atoms with Crippen LogP contribution in [0.15, 0.2) is 24.4 Å². The zero-order valence-corrected chi connectivity index (χ0v) is 16.2. The van der Waals surface area contributed by atoms with Crippen LogP contribution in [0, 0.1) is 5.92 Å². The van der Waals surface area contributed by atoms with Crippen LogP contribution in [0.3, 0.4) is 0 Å². The second kappa shape index (κ2) is 8.41. The molecule has 0 atom stereocenters.